The first-order chi connectivity index (χ1) is 12.3. The van der Waals surface area contributed by atoms with Gasteiger partial charge in [-0.3, -0.25) is 4.79 Å². The zero-order valence-electron chi connectivity index (χ0n) is 12.8. The van der Waals surface area contributed by atoms with Gasteiger partial charge < -0.3 is 13.8 Å². The molecule has 124 valence electrons. The van der Waals surface area contributed by atoms with Crippen molar-refractivity contribution in [1.82, 2.24) is 15.4 Å². The zero-order chi connectivity index (χ0) is 17.1. The number of amides is 1. The molecular formula is C17H12N4O3S. The minimum absolute atomic E-state index is 0.192. The van der Waals surface area contributed by atoms with E-state index in [4.69, 9.17) is 8.83 Å². The summed E-state index contributed by atoms with van der Waals surface area (Å²) < 4.78 is 10.6. The van der Waals surface area contributed by atoms with Crippen LogP contribution in [0, 0.1) is 0 Å². The van der Waals surface area contributed by atoms with Crippen LogP contribution >= 0.6 is 11.8 Å². The SMILES string of the molecule is O=C(N/N=C/c1ccc(Sc2nc3ccccc3[nH]2)o1)c1ccco1. The van der Waals surface area contributed by atoms with E-state index in [1.807, 2.05) is 30.3 Å². The fourth-order valence-electron chi connectivity index (χ4n) is 2.15. The molecule has 4 rings (SSSR count). The highest BCUT2D eigenvalue weighted by atomic mass is 32.2. The first-order valence-electron chi connectivity index (χ1n) is 7.37. The van der Waals surface area contributed by atoms with Crippen molar-refractivity contribution in [2.45, 2.75) is 10.2 Å². The lowest BCUT2D eigenvalue weighted by atomic mass is 10.3. The second kappa shape index (κ2) is 6.70. The van der Waals surface area contributed by atoms with Crippen molar-refractivity contribution in [2.24, 2.45) is 5.10 Å². The average Bonchev–Trinajstić information content (AvgIpc) is 3.35. The number of aromatic amines is 1. The number of carbonyl (C=O) groups is 1. The van der Waals surface area contributed by atoms with Crippen LogP contribution in [-0.4, -0.2) is 22.1 Å². The van der Waals surface area contributed by atoms with Crippen LogP contribution in [0.15, 0.2) is 79.0 Å². The van der Waals surface area contributed by atoms with Gasteiger partial charge >= 0.3 is 5.91 Å². The molecule has 0 spiro atoms. The molecule has 1 amide bonds. The molecule has 0 radical (unpaired) electrons. The number of hydrazone groups is 1. The molecule has 3 heterocycles. The molecule has 0 atom stereocenters. The van der Waals surface area contributed by atoms with Crippen LogP contribution in [0.25, 0.3) is 11.0 Å². The van der Waals surface area contributed by atoms with Crippen molar-refractivity contribution >= 4 is 34.9 Å². The summed E-state index contributed by atoms with van der Waals surface area (Å²) in [6.07, 6.45) is 2.84. The molecule has 0 saturated heterocycles. The lowest BCUT2D eigenvalue weighted by Crippen LogP contribution is -2.16. The molecule has 0 bridgehead atoms. The molecule has 0 aliphatic rings. The highest BCUT2D eigenvalue weighted by Gasteiger charge is 2.08. The molecule has 25 heavy (non-hydrogen) atoms. The topological polar surface area (TPSA) is 96.4 Å². The van der Waals surface area contributed by atoms with Crippen LogP contribution in [0.1, 0.15) is 16.3 Å². The number of hydrogen-bond donors (Lipinski definition) is 2. The van der Waals surface area contributed by atoms with Gasteiger partial charge in [0.2, 0.25) is 0 Å². The molecule has 0 aliphatic carbocycles. The Hall–Kier alpha value is -3.26. The Kier molecular flexibility index (Phi) is 4.09. The normalized spacial score (nSPS) is 11.4. The summed E-state index contributed by atoms with van der Waals surface area (Å²) in [5.74, 6) is 0.278. The van der Waals surface area contributed by atoms with E-state index in [-0.39, 0.29) is 5.76 Å². The van der Waals surface area contributed by atoms with Crippen molar-refractivity contribution in [3.8, 4) is 0 Å². The lowest BCUT2D eigenvalue weighted by molar-refractivity contribution is 0.0927. The number of rotatable bonds is 5. The number of furan rings is 2. The second-order valence-corrected chi connectivity index (χ2v) is 5.99. The van der Waals surface area contributed by atoms with Gasteiger partial charge in [-0.1, -0.05) is 12.1 Å². The van der Waals surface area contributed by atoms with E-state index in [9.17, 15) is 4.79 Å². The first-order valence-corrected chi connectivity index (χ1v) is 8.19. The molecular weight excluding hydrogens is 340 g/mol. The molecule has 4 aromatic rings. The maximum atomic E-state index is 11.7. The van der Waals surface area contributed by atoms with E-state index in [1.54, 1.807) is 18.2 Å². The number of nitrogens with one attached hydrogen (secondary N) is 2. The number of para-hydroxylation sites is 2. The summed E-state index contributed by atoms with van der Waals surface area (Å²) in [6.45, 7) is 0. The molecule has 1 aromatic carbocycles. The Labute approximate surface area is 146 Å². The van der Waals surface area contributed by atoms with Gasteiger partial charge in [0.15, 0.2) is 16.0 Å². The van der Waals surface area contributed by atoms with Crippen LogP contribution in [0.4, 0.5) is 0 Å². The molecule has 0 unspecified atom stereocenters. The number of aromatic nitrogens is 2. The third kappa shape index (κ3) is 3.48. The number of nitrogens with zero attached hydrogens (tertiary/aromatic N) is 2. The molecule has 0 fully saturated rings. The van der Waals surface area contributed by atoms with Crippen LogP contribution in [-0.2, 0) is 0 Å². The summed E-state index contributed by atoms with van der Waals surface area (Å²) in [4.78, 5) is 19.4. The fraction of sp³-hybridized carbons (Fsp3) is 0. The van der Waals surface area contributed by atoms with Gasteiger partial charge in [-0.05, 0) is 48.2 Å². The quantitative estimate of drug-likeness (QED) is 0.422. The van der Waals surface area contributed by atoms with E-state index in [0.29, 0.717) is 10.9 Å². The number of imidazole rings is 1. The van der Waals surface area contributed by atoms with Gasteiger partial charge in [-0.25, -0.2) is 10.4 Å². The van der Waals surface area contributed by atoms with Crippen molar-refractivity contribution in [3.05, 3.63) is 66.3 Å². The average molecular weight is 352 g/mol. The Balaban J connectivity index is 1.40. The maximum Gasteiger partial charge on any atom is 0.307 e. The molecule has 8 heteroatoms. The molecule has 0 saturated carbocycles. The van der Waals surface area contributed by atoms with Gasteiger partial charge in [0.05, 0.1) is 23.5 Å². The smallest absolute Gasteiger partial charge is 0.307 e. The zero-order valence-corrected chi connectivity index (χ0v) is 13.6. The van der Waals surface area contributed by atoms with Crippen LogP contribution < -0.4 is 5.43 Å². The van der Waals surface area contributed by atoms with Gasteiger partial charge in [0.25, 0.3) is 0 Å². The lowest BCUT2D eigenvalue weighted by Gasteiger charge is -1.94. The van der Waals surface area contributed by atoms with Crippen LogP contribution in [0.2, 0.25) is 0 Å². The Morgan fingerprint density at radius 3 is 2.96 bits per heavy atom. The summed E-state index contributed by atoms with van der Waals surface area (Å²) in [6, 6.07) is 14.6. The molecule has 0 aliphatic heterocycles. The predicted molar refractivity (Wildman–Crippen MR) is 92.7 cm³/mol. The standard InChI is InChI=1S/C17H12N4O3S/c22-16(14-6-3-9-23-14)21-18-10-11-7-8-15(24-11)25-17-19-12-4-1-2-5-13(12)20-17/h1-10H,(H,19,20)(H,21,22)/b18-10+. The van der Waals surface area contributed by atoms with Gasteiger partial charge in [0, 0.05) is 0 Å². The van der Waals surface area contributed by atoms with Gasteiger partial charge in [0.1, 0.15) is 5.76 Å². The number of fused-ring (bicyclic) bond motifs is 1. The summed E-state index contributed by atoms with van der Waals surface area (Å²) >= 11 is 1.37. The molecule has 7 nitrogen and oxygen atoms in total. The highest BCUT2D eigenvalue weighted by molar-refractivity contribution is 7.99. The van der Waals surface area contributed by atoms with E-state index >= 15 is 0 Å². The van der Waals surface area contributed by atoms with E-state index in [0.717, 1.165) is 16.2 Å². The number of carbonyl (C=O) groups excluding carboxylic acids is 1. The van der Waals surface area contributed by atoms with E-state index in [2.05, 4.69) is 20.5 Å². The fourth-order valence-corrected chi connectivity index (χ4v) is 2.92. The third-order valence-electron chi connectivity index (χ3n) is 3.27. The maximum absolute atomic E-state index is 11.7. The van der Waals surface area contributed by atoms with Crippen molar-refractivity contribution in [2.75, 3.05) is 0 Å². The minimum atomic E-state index is -0.426. The molecule has 3 aromatic heterocycles. The number of benzene rings is 1. The third-order valence-corrected chi connectivity index (χ3v) is 4.08. The Morgan fingerprint density at radius 1 is 1.20 bits per heavy atom. The largest absolute Gasteiger partial charge is 0.459 e. The van der Waals surface area contributed by atoms with E-state index in [1.165, 1.54) is 24.2 Å². The predicted octanol–water partition coefficient (Wildman–Crippen LogP) is 3.66. The van der Waals surface area contributed by atoms with Crippen LogP contribution in [0.3, 0.4) is 0 Å². The molecule has 2 N–H and O–H groups in total. The van der Waals surface area contributed by atoms with Crippen molar-refractivity contribution in [3.63, 3.8) is 0 Å². The Morgan fingerprint density at radius 2 is 2.12 bits per heavy atom. The van der Waals surface area contributed by atoms with Gasteiger partial charge in [-0.2, -0.15) is 5.10 Å². The second-order valence-electron chi connectivity index (χ2n) is 4.99. The summed E-state index contributed by atoms with van der Waals surface area (Å²) in [5, 5.41) is 5.25. The monoisotopic (exact) mass is 352 g/mol. The van der Waals surface area contributed by atoms with Crippen LogP contribution in [0.5, 0.6) is 0 Å². The first kappa shape index (κ1) is 15.3. The Bertz CT molecular complexity index is 1000. The van der Waals surface area contributed by atoms with Crippen molar-refractivity contribution in [1.29, 1.82) is 0 Å². The minimum Gasteiger partial charge on any atom is -0.459 e. The number of hydrogen-bond acceptors (Lipinski definition) is 6. The summed E-state index contributed by atoms with van der Waals surface area (Å²) in [5.41, 5.74) is 4.23. The van der Waals surface area contributed by atoms with Gasteiger partial charge in [-0.15, -0.1) is 0 Å². The van der Waals surface area contributed by atoms with E-state index < -0.39 is 5.91 Å². The number of H-pyrrole nitrogens is 1. The highest BCUT2D eigenvalue weighted by Crippen LogP contribution is 2.28. The van der Waals surface area contributed by atoms with Crippen molar-refractivity contribution < 1.29 is 13.6 Å². The summed E-state index contributed by atoms with van der Waals surface area (Å²) in [7, 11) is 0.